The van der Waals surface area contributed by atoms with E-state index in [1.54, 1.807) is 18.1 Å². The first-order chi connectivity index (χ1) is 12.9. The number of hydrogen-bond donors (Lipinski definition) is 1. The number of Topliss-reactive ketones (excluding diaryl/α,β-unsaturated/α-hetero) is 1. The van der Waals surface area contributed by atoms with Gasteiger partial charge < -0.3 is 19.5 Å². The lowest BCUT2D eigenvalue weighted by molar-refractivity contribution is -0.131. The molecule has 1 N–H and O–H groups in total. The molecule has 0 fully saturated rings. The molecule has 0 spiro atoms. The summed E-state index contributed by atoms with van der Waals surface area (Å²) in [6.45, 7) is 2.34. The minimum atomic E-state index is -0.667. The van der Waals surface area contributed by atoms with Gasteiger partial charge in [0.1, 0.15) is 11.6 Å². The highest BCUT2D eigenvalue weighted by molar-refractivity contribution is 6.27. The standard InChI is InChI=1S/C20H24ClNO5/c1-11-6-14(23)19(15(24)7-11)20-13-9-17(27-3)16(26-2)8-12(13)4-5-22(20)18(25)10-21/h8-9,11,20,23H,4-7,10H2,1-3H3/t11-,20+/m0/s1. The third kappa shape index (κ3) is 3.50. The molecule has 6 nitrogen and oxygen atoms in total. The zero-order valence-electron chi connectivity index (χ0n) is 15.8. The van der Waals surface area contributed by atoms with Gasteiger partial charge in [-0.1, -0.05) is 6.92 Å². The maximum absolute atomic E-state index is 12.8. The molecule has 0 bridgehead atoms. The van der Waals surface area contributed by atoms with E-state index >= 15 is 0 Å². The highest BCUT2D eigenvalue weighted by Crippen LogP contribution is 2.44. The zero-order chi connectivity index (χ0) is 19.7. The number of benzene rings is 1. The van der Waals surface area contributed by atoms with Crippen LogP contribution in [-0.4, -0.2) is 48.3 Å². The van der Waals surface area contributed by atoms with Gasteiger partial charge >= 0.3 is 0 Å². The average Bonchev–Trinajstić information content (AvgIpc) is 2.65. The van der Waals surface area contributed by atoms with Crippen molar-refractivity contribution < 1.29 is 24.2 Å². The summed E-state index contributed by atoms with van der Waals surface area (Å²) in [5.74, 6) is 0.649. The van der Waals surface area contributed by atoms with E-state index in [4.69, 9.17) is 21.1 Å². The summed E-state index contributed by atoms with van der Waals surface area (Å²) >= 11 is 5.82. The van der Waals surface area contributed by atoms with E-state index in [9.17, 15) is 14.7 Å². The first kappa shape index (κ1) is 19.5. The monoisotopic (exact) mass is 393 g/mol. The second kappa shape index (κ2) is 7.80. The summed E-state index contributed by atoms with van der Waals surface area (Å²) in [6.07, 6.45) is 1.37. The van der Waals surface area contributed by atoms with Gasteiger partial charge in [-0.3, -0.25) is 9.59 Å². The minimum Gasteiger partial charge on any atom is -0.512 e. The van der Waals surface area contributed by atoms with Gasteiger partial charge in [-0.15, -0.1) is 11.6 Å². The van der Waals surface area contributed by atoms with Crippen LogP contribution in [0.1, 0.15) is 36.9 Å². The number of nitrogens with zero attached hydrogens (tertiary/aromatic N) is 1. The van der Waals surface area contributed by atoms with E-state index in [0.29, 0.717) is 42.9 Å². The summed E-state index contributed by atoms with van der Waals surface area (Å²) in [5.41, 5.74) is 2.02. The molecule has 146 valence electrons. The molecule has 1 aromatic carbocycles. The van der Waals surface area contributed by atoms with Crippen LogP contribution in [0.15, 0.2) is 23.5 Å². The number of hydrogen-bond acceptors (Lipinski definition) is 5. The van der Waals surface area contributed by atoms with Gasteiger partial charge in [0.2, 0.25) is 5.91 Å². The molecule has 1 heterocycles. The fourth-order valence-electron chi connectivity index (χ4n) is 4.01. The second-order valence-electron chi connectivity index (χ2n) is 7.08. The van der Waals surface area contributed by atoms with Crippen LogP contribution in [0.5, 0.6) is 11.5 Å². The summed E-state index contributed by atoms with van der Waals surface area (Å²) < 4.78 is 10.8. The highest BCUT2D eigenvalue weighted by Gasteiger charge is 2.40. The first-order valence-electron chi connectivity index (χ1n) is 8.96. The Labute approximate surface area is 163 Å². The number of alkyl halides is 1. The highest BCUT2D eigenvalue weighted by atomic mass is 35.5. The number of fused-ring (bicyclic) bond motifs is 1. The summed E-state index contributed by atoms with van der Waals surface area (Å²) in [5, 5.41) is 10.6. The number of ether oxygens (including phenoxy) is 2. The number of allylic oxidation sites excluding steroid dienone is 1. The van der Waals surface area contributed by atoms with Crippen LogP contribution >= 0.6 is 11.6 Å². The molecule has 7 heteroatoms. The Morgan fingerprint density at radius 1 is 1.26 bits per heavy atom. The van der Waals surface area contributed by atoms with E-state index in [0.717, 1.165) is 11.1 Å². The Balaban J connectivity index is 2.20. The predicted molar refractivity (Wildman–Crippen MR) is 101 cm³/mol. The van der Waals surface area contributed by atoms with E-state index in [-0.39, 0.29) is 29.2 Å². The average molecular weight is 394 g/mol. The smallest absolute Gasteiger partial charge is 0.238 e. The number of rotatable bonds is 4. The van der Waals surface area contributed by atoms with Crippen LogP contribution in [0.25, 0.3) is 0 Å². The largest absolute Gasteiger partial charge is 0.512 e. The number of methoxy groups -OCH3 is 2. The van der Waals surface area contributed by atoms with Crippen LogP contribution in [-0.2, 0) is 16.0 Å². The van der Waals surface area contributed by atoms with Crippen LogP contribution in [0.2, 0.25) is 0 Å². The van der Waals surface area contributed by atoms with E-state index in [2.05, 4.69) is 0 Å². The first-order valence-corrected chi connectivity index (χ1v) is 9.50. The van der Waals surface area contributed by atoms with E-state index in [1.165, 1.54) is 7.11 Å². The Hall–Kier alpha value is -2.21. The van der Waals surface area contributed by atoms with Crippen LogP contribution in [0.4, 0.5) is 0 Å². The predicted octanol–water partition coefficient (Wildman–Crippen LogP) is 3.18. The molecule has 0 saturated heterocycles. The Bertz CT molecular complexity index is 804. The molecule has 1 amide bonds. The van der Waals surface area contributed by atoms with Crippen molar-refractivity contribution in [2.75, 3.05) is 26.6 Å². The molecule has 27 heavy (non-hydrogen) atoms. The van der Waals surface area contributed by atoms with Crippen molar-refractivity contribution in [1.82, 2.24) is 4.90 Å². The Morgan fingerprint density at radius 3 is 2.52 bits per heavy atom. The van der Waals surface area contributed by atoms with Crippen LogP contribution in [0.3, 0.4) is 0 Å². The molecule has 0 radical (unpaired) electrons. The Kier molecular flexibility index (Phi) is 5.65. The fourth-order valence-corrected chi connectivity index (χ4v) is 4.17. The number of ketones is 1. The molecular weight excluding hydrogens is 370 g/mol. The van der Waals surface area contributed by atoms with E-state index < -0.39 is 6.04 Å². The molecule has 1 aliphatic heterocycles. The van der Waals surface area contributed by atoms with Gasteiger partial charge in [-0.05, 0) is 35.6 Å². The van der Waals surface area contributed by atoms with Crippen molar-refractivity contribution in [2.24, 2.45) is 5.92 Å². The number of carbonyl (C=O) groups is 2. The number of aliphatic hydroxyl groups excluding tert-OH is 1. The number of carbonyl (C=O) groups excluding carboxylic acids is 2. The van der Waals surface area contributed by atoms with Gasteiger partial charge in [0.05, 0.1) is 25.8 Å². The molecular formula is C20H24ClNO5. The second-order valence-corrected chi connectivity index (χ2v) is 7.34. The van der Waals surface area contributed by atoms with Crippen molar-refractivity contribution in [2.45, 2.75) is 32.2 Å². The maximum atomic E-state index is 12.8. The van der Waals surface area contributed by atoms with Gasteiger partial charge in [-0.25, -0.2) is 0 Å². The molecule has 1 aliphatic carbocycles. The molecule has 2 atom stereocenters. The van der Waals surface area contributed by atoms with Gasteiger partial charge in [-0.2, -0.15) is 0 Å². The van der Waals surface area contributed by atoms with Crippen molar-refractivity contribution in [3.63, 3.8) is 0 Å². The lowest BCUT2D eigenvalue weighted by atomic mass is 9.79. The minimum absolute atomic E-state index is 0.0544. The Morgan fingerprint density at radius 2 is 1.93 bits per heavy atom. The zero-order valence-corrected chi connectivity index (χ0v) is 16.5. The fraction of sp³-hybridized carbons (Fsp3) is 0.500. The van der Waals surface area contributed by atoms with Crippen molar-refractivity contribution in [3.05, 3.63) is 34.6 Å². The third-order valence-electron chi connectivity index (χ3n) is 5.27. The number of amides is 1. The maximum Gasteiger partial charge on any atom is 0.238 e. The van der Waals surface area contributed by atoms with Crippen molar-refractivity contribution >= 4 is 23.3 Å². The van der Waals surface area contributed by atoms with Crippen LogP contribution in [0, 0.1) is 5.92 Å². The van der Waals surface area contributed by atoms with Crippen molar-refractivity contribution in [3.8, 4) is 11.5 Å². The molecule has 3 rings (SSSR count). The molecule has 2 aliphatic rings. The molecule has 0 saturated carbocycles. The SMILES string of the molecule is COc1cc2c(cc1OC)[C@H](C1=C(O)C[C@H](C)CC1=O)N(C(=O)CCl)CC2. The number of aliphatic hydroxyl groups is 1. The molecule has 1 aromatic rings. The number of halogens is 1. The van der Waals surface area contributed by atoms with Gasteiger partial charge in [0.25, 0.3) is 0 Å². The lowest BCUT2D eigenvalue weighted by Crippen LogP contribution is -2.43. The van der Waals surface area contributed by atoms with Crippen LogP contribution < -0.4 is 9.47 Å². The van der Waals surface area contributed by atoms with E-state index in [1.807, 2.05) is 13.0 Å². The quantitative estimate of drug-likeness (QED) is 0.795. The summed E-state index contributed by atoms with van der Waals surface area (Å²) in [7, 11) is 3.10. The van der Waals surface area contributed by atoms with Gasteiger partial charge in [0, 0.05) is 19.4 Å². The van der Waals surface area contributed by atoms with Gasteiger partial charge in [0.15, 0.2) is 17.3 Å². The third-order valence-corrected chi connectivity index (χ3v) is 5.50. The molecule has 0 unspecified atom stereocenters. The summed E-state index contributed by atoms with van der Waals surface area (Å²) in [4.78, 5) is 26.9. The lowest BCUT2D eigenvalue weighted by Gasteiger charge is -2.40. The molecule has 0 aromatic heterocycles. The topological polar surface area (TPSA) is 76.1 Å². The van der Waals surface area contributed by atoms with Crippen molar-refractivity contribution in [1.29, 1.82) is 0 Å². The summed E-state index contributed by atoms with van der Waals surface area (Å²) in [6, 6.07) is 3.00. The normalized spacial score (nSPS) is 22.5.